The Kier molecular flexibility index (Phi) is 6.77. The molecule has 162 valence electrons. The molecule has 0 spiro atoms. The fourth-order valence-electron chi connectivity index (χ4n) is 3.00. The number of fused-ring (bicyclic) bond motifs is 1. The average molecular weight is 461 g/mol. The molecule has 3 aromatic rings. The lowest BCUT2D eigenvalue weighted by Crippen LogP contribution is -2.46. The third-order valence-corrected chi connectivity index (χ3v) is 6.03. The minimum atomic E-state index is -3.70. The normalized spacial score (nSPS) is 12.6. The number of ether oxygens (including phenoxy) is 1. The molecular weight excluding hydrogens is 440 g/mol. The lowest BCUT2D eigenvalue weighted by atomic mass is 10.1. The summed E-state index contributed by atoms with van der Waals surface area (Å²) in [6.45, 7) is 1.48. The monoisotopic (exact) mass is 460 g/mol. The molecule has 1 aromatic heterocycles. The van der Waals surface area contributed by atoms with Crippen LogP contribution in [-0.2, 0) is 14.8 Å². The van der Waals surface area contributed by atoms with Crippen molar-refractivity contribution in [2.24, 2.45) is 5.10 Å². The number of halogens is 1. The summed E-state index contributed by atoms with van der Waals surface area (Å²) in [5.74, 6) is 0.0627. The van der Waals surface area contributed by atoms with E-state index in [1.807, 2.05) is 6.07 Å². The van der Waals surface area contributed by atoms with Gasteiger partial charge in [-0.1, -0.05) is 29.8 Å². The van der Waals surface area contributed by atoms with E-state index in [9.17, 15) is 13.2 Å². The van der Waals surface area contributed by atoms with Crippen LogP contribution >= 0.6 is 11.6 Å². The highest BCUT2D eigenvalue weighted by atomic mass is 35.5. The van der Waals surface area contributed by atoms with Crippen molar-refractivity contribution in [3.05, 3.63) is 65.3 Å². The van der Waals surface area contributed by atoms with E-state index < -0.39 is 22.0 Å². The molecule has 1 atom stereocenters. The molecule has 0 unspecified atom stereocenters. The fraction of sp³-hybridized carbons (Fsp3) is 0.190. The van der Waals surface area contributed by atoms with E-state index in [0.717, 1.165) is 15.9 Å². The lowest BCUT2D eigenvalue weighted by molar-refractivity contribution is -0.121. The highest BCUT2D eigenvalue weighted by Crippen LogP contribution is 2.23. The van der Waals surface area contributed by atoms with Gasteiger partial charge in [0.25, 0.3) is 5.91 Å². The average Bonchev–Trinajstić information content (AvgIpc) is 2.73. The molecule has 0 aliphatic carbocycles. The molecule has 0 aliphatic rings. The van der Waals surface area contributed by atoms with Crippen molar-refractivity contribution < 1.29 is 17.9 Å². The molecule has 31 heavy (non-hydrogen) atoms. The van der Waals surface area contributed by atoms with Gasteiger partial charge < -0.3 is 4.74 Å². The number of para-hydroxylation sites is 1. The highest BCUT2D eigenvalue weighted by Gasteiger charge is 2.28. The predicted octanol–water partition coefficient (Wildman–Crippen LogP) is 3.20. The fourth-order valence-corrected chi connectivity index (χ4v) is 4.37. The van der Waals surface area contributed by atoms with Gasteiger partial charge in [0, 0.05) is 17.0 Å². The summed E-state index contributed by atoms with van der Waals surface area (Å²) < 4.78 is 30.7. The first-order valence-corrected chi connectivity index (χ1v) is 11.4. The van der Waals surface area contributed by atoms with E-state index in [2.05, 4.69) is 15.5 Å². The number of carbonyl (C=O) groups excluding carboxylic acids is 1. The first-order valence-electron chi connectivity index (χ1n) is 9.22. The summed E-state index contributed by atoms with van der Waals surface area (Å²) in [6, 6.07) is 14.5. The van der Waals surface area contributed by atoms with Crippen molar-refractivity contribution in [1.82, 2.24) is 10.4 Å². The van der Waals surface area contributed by atoms with Crippen molar-refractivity contribution in [3.8, 4) is 5.75 Å². The number of aromatic nitrogens is 1. The van der Waals surface area contributed by atoms with Crippen LogP contribution in [0.15, 0.2) is 59.7 Å². The van der Waals surface area contributed by atoms with Crippen molar-refractivity contribution in [1.29, 1.82) is 0 Å². The second-order valence-corrected chi connectivity index (χ2v) is 8.95. The second kappa shape index (κ2) is 9.32. The van der Waals surface area contributed by atoms with Crippen molar-refractivity contribution in [3.63, 3.8) is 0 Å². The Morgan fingerprint density at radius 2 is 1.94 bits per heavy atom. The van der Waals surface area contributed by atoms with E-state index in [0.29, 0.717) is 22.5 Å². The van der Waals surface area contributed by atoms with Gasteiger partial charge in [0.2, 0.25) is 10.0 Å². The Balaban J connectivity index is 1.78. The van der Waals surface area contributed by atoms with Gasteiger partial charge in [-0.2, -0.15) is 5.10 Å². The van der Waals surface area contributed by atoms with Gasteiger partial charge in [0.1, 0.15) is 16.9 Å². The maximum Gasteiger partial charge on any atom is 0.263 e. The third-order valence-electron chi connectivity index (χ3n) is 4.48. The van der Waals surface area contributed by atoms with Crippen molar-refractivity contribution in [2.75, 3.05) is 17.7 Å². The number of hydrogen-bond donors (Lipinski definition) is 1. The number of carbonyl (C=O) groups is 1. The molecule has 2 aromatic carbocycles. The highest BCUT2D eigenvalue weighted by molar-refractivity contribution is 7.92. The van der Waals surface area contributed by atoms with Crippen LogP contribution in [0.4, 0.5) is 5.69 Å². The number of nitrogens with one attached hydrogen (secondary N) is 1. The van der Waals surface area contributed by atoms with Gasteiger partial charge in [0.15, 0.2) is 0 Å². The van der Waals surface area contributed by atoms with Gasteiger partial charge in [-0.05, 0) is 37.3 Å². The maximum atomic E-state index is 12.6. The van der Waals surface area contributed by atoms with Crippen LogP contribution in [0.25, 0.3) is 10.9 Å². The Hall–Kier alpha value is -3.17. The van der Waals surface area contributed by atoms with Gasteiger partial charge in [-0.15, -0.1) is 0 Å². The summed E-state index contributed by atoms with van der Waals surface area (Å²) in [4.78, 5) is 16.9. The van der Waals surface area contributed by atoms with E-state index in [1.54, 1.807) is 55.6 Å². The SMILES string of the molecule is COc1ccc2cc(/C=N\NC(=O)[C@@H](C)N(c3ccccc3)S(C)(=O)=O)c(Cl)nc2c1. The van der Waals surface area contributed by atoms with Crippen LogP contribution in [-0.4, -0.2) is 44.9 Å². The molecule has 0 radical (unpaired) electrons. The number of methoxy groups -OCH3 is 1. The van der Waals surface area contributed by atoms with Crippen molar-refractivity contribution in [2.45, 2.75) is 13.0 Å². The smallest absolute Gasteiger partial charge is 0.263 e. The molecule has 0 aliphatic heterocycles. The van der Waals surface area contributed by atoms with Crippen LogP contribution in [0.5, 0.6) is 5.75 Å². The molecular formula is C21H21ClN4O4S. The lowest BCUT2D eigenvalue weighted by Gasteiger charge is -2.27. The van der Waals surface area contributed by atoms with E-state index in [1.165, 1.54) is 13.1 Å². The van der Waals surface area contributed by atoms with Crippen LogP contribution < -0.4 is 14.5 Å². The quantitative estimate of drug-likeness (QED) is 0.331. The van der Waals surface area contributed by atoms with Crippen molar-refractivity contribution >= 4 is 50.3 Å². The van der Waals surface area contributed by atoms with Gasteiger partial charge in [-0.3, -0.25) is 9.10 Å². The Bertz CT molecular complexity index is 1230. The van der Waals surface area contributed by atoms with E-state index in [-0.39, 0.29) is 5.15 Å². The topological polar surface area (TPSA) is 101 Å². The zero-order valence-electron chi connectivity index (χ0n) is 17.1. The Labute approximate surface area is 185 Å². The number of rotatable bonds is 7. The Morgan fingerprint density at radius 1 is 1.23 bits per heavy atom. The largest absolute Gasteiger partial charge is 0.497 e. The van der Waals surface area contributed by atoms with Gasteiger partial charge >= 0.3 is 0 Å². The molecule has 3 rings (SSSR count). The minimum absolute atomic E-state index is 0.203. The molecule has 1 heterocycles. The molecule has 0 bridgehead atoms. The Morgan fingerprint density at radius 3 is 2.58 bits per heavy atom. The number of hydrogen-bond acceptors (Lipinski definition) is 6. The molecule has 1 N–H and O–H groups in total. The van der Waals surface area contributed by atoms with E-state index in [4.69, 9.17) is 16.3 Å². The molecule has 0 saturated heterocycles. The molecule has 0 saturated carbocycles. The molecule has 1 amide bonds. The number of anilines is 1. The van der Waals surface area contributed by atoms with Crippen LogP contribution in [0.1, 0.15) is 12.5 Å². The predicted molar refractivity (Wildman–Crippen MR) is 122 cm³/mol. The molecule has 0 fully saturated rings. The van der Waals surface area contributed by atoms with Crippen LogP contribution in [0, 0.1) is 0 Å². The number of pyridine rings is 1. The summed E-state index contributed by atoms with van der Waals surface area (Å²) in [7, 11) is -2.13. The summed E-state index contributed by atoms with van der Waals surface area (Å²) in [5, 5.41) is 4.95. The molecule has 8 nitrogen and oxygen atoms in total. The zero-order valence-corrected chi connectivity index (χ0v) is 18.7. The number of nitrogens with zero attached hydrogens (tertiary/aromatic N) is 3. The zero-order chi connectivity index (χ0) is 22.6. The van der Waals surface area contributed by atoms with Crippen LogP contribution in [0.3, 0.4) is 0 Å². The number of hydrazone groups is 1. The van der Waals surface area contributed by atoms with Gasteiger partial charge in [0.05, 0.1) is 30.8 Å². The van der Waals surface area contributed by atoms with Crippen LogP contribution in [0.2, 0.25) is 5.15 Å². The standard InChI is InChI=1S/C21H21ClN4O4S/c1-14(26(31(3,28)29)17-7-5-4-6-8-17)21(27)25-23-13-16-11-15-9-10-18(30-2)12-19(15)24-20(16)22/h4-14H,1-3H3,(H,25,27)/b23-13-/t14-/m1/s1. The summed E-state index contributed by atoms with van der Waals surface area (Å²) >= 11 is 6.22. The number of amides is 1. The maximum absolute atomic E-state index is 12.6. The third kappa shape index (κ3) is 5.31. The summed E-state index contributed by atoms with van der Waals surface area (Å²) in [5.41, 5.74) is 3.90. The first-order chi connectivity index (χ1) is 14.7. The molecule has 10 heteroatoms. The van der Waals surface area contributed by atoms with E-state index >= 15 is 0 Å². The first kappa shape index (κ1) is 22.5. The minimum Gasteiger partial charge on any atom is -0.497 e. The summed E-state index contributed by atoms with van der Waals surface area (Å²) in [6.07, 6.45) is 2.40. The number of benzene rings is 2. The number of sulfonamides is 1. The van der Waals surface area contributed by atoms with Gasteiger partial charge in [-0.25, -0.2) is 18.8 Å². The second-order valence-electron chi connectivity index (χ2n) is 6.73.